The van der Waals surface area contributed by atoms with Crippen molar-refractivity contribution in [2.24, 2.45) is 0 Å². The van der Waals surface area contributed by atoms with E-state index in [-0.39, 0.29) is 5.41 Å². The number of fused-ring (bicyclic) bond motifs is 4. The minimum Gasteiger partial charge on any atom is -0.228 e. The average molecular weight is 782 g/mol. The third kappa shape index (κ3) is 6.67. The second-order valence-electron chi connectivity index (χ2n) is 16.2. The number of aromatic nitrogens is 5. The lowest BCUT2D eigenvalue weighted by molar-refractivity contribution is 0.661. The van der Waals surface area contributed by atoms with Crippen LogP contribution in [0, 0.1) is 0 Å². The van der Waals surface area contributed by atoms with Crippen LogP contribution in [-0.4, -0.2) is 24.9 Å². The van der Waals surface area contributed by atoms with Crippen LogP contribution in [0.5, 0.6) is 0 Å². The molecule has 5 nitrogen and oxygen atoms in total. The second kappa shape index (κ2) is 14.7. The minimum absolute atomic E-state index is 0.167. The molecular formula is C56H39N5. The molecule has 10 aromatic rings. The molecule has 1 aliphatic rings. The average Bonchev–Trinajstić information content (AvgIpc) is 3.55. The number of hydrogen-bond donors (Lipinski definition) is 0. The summed E-state index contributed by atoms with van der Waals surface area (Å²) in [6, 6.07) is 69.7. The first kappa shape index (κ1) is 36.2. The fourth-order valence-corrected chi connectivity index (χ4v) is 8.67. The zero-order valence-corrected chi connectivity index (χ0v) is 33.8. The Kier molecular flexibility index (Phi) is 8.75. The molecule has 0 fully saturated rings. The van der Waals surface area contributed by atoms with Crippen molar-refractivity contribution in [2.45, 2.75) is 19.3 Å². The van der Waals surface area contributed by atoms with Crippen molar-refractivity contribution in [3.8, 4) is 90.3 Å². The Hall–Kier alpha value is -7.89. The maximum Gasteiger partial charge on any atom is 0.164 e. The molecule has 288 valence electrons. The molecular weight excluding hydrogens is 743 g/mol. The molecule has 2 aromatic heterocycles. The van der Waals surface area contributed by atoms with Gasteiger partial charge in [0.15, 0.2) is 23.3 Å². The van der Waals surface area contributed by atoms with Crippen molar-refractivity contribution < 1.29 is 0 Å². The highest BCUT2D eigenvalue weighted by Crippen LogP contribution is 2.51. The predicted molar refractivity (Wildman–Crippen MR) is 249 cm³/mol. The van der Waals surface area contributed by atoms with Gasteiger partial charge in [-0.1, -0.05) is 178 Å². The van der Waals surface area contributed by atoms with Gasteiger partial charge in [-0.3, -0.25) is 0 Å². The van der Waals surface area contributed by atoms with E-state index in [1.54, 1.807) is 0 Å². The van der Waals surface area contributed by atoms with E-state index >= 15 is 0 Å². The van der Waals surface area contributed by atoms with Crippen LogP contribution in [0.2, 0.25) is 0 Å². The number of nitrogens with zero attached hydrogens (tertiary/aromatic N) is 5. The van der Waals surface area contributed by atoms with E-state index in [9.17, 15) is 0 Å². The molecule has 8 aromatic carbocycles. The Labute approximate surface area is 355 Å². The monoisotopic (exact) mass is 781 g/mol. The highest BCUT2D eigenvalue weighted by atomic mass is 15.0. The molecule has 0 saturated carbocycles. The summed E-state index contributed by atoms with van der Waals surface area (Å²) < 4.78 is 0. The van der Waals surface area contributed by atoms with Crippen molar-refractivity contribution in [3.05, 3.63) is 211 Å². The van der Waals surface area contributed by atoms with Crippen molar-refractivity contribution in [2.75, 3.05) is 0 Å². The molecule has 0 bridgehead atoms. The van der Waals surface area contributed by atoms with E-state index in [1.165, 1.54) is 33.0 Å². The lowest BCUT2D eigenvalue weighted by Gasteiger charge is -2.22. The Morgan fingerprint density at radius 1 is 0.279 bits per heavy atom. The lowest BCUT2D eigenvalue weighted by Crippen LogP contribution is -2.15. The van der Waals surface area contributed by atoms with E-state index < -0.39 is 0 Å². The van der Waals surface area contributed by atoms with E-state index in [1.807, 2.05) is 78.9 Å². The maximum atomic E-state index is 5.22. The summed E-state index contributed by atoms with van der Waals surface area (Å²) in [5, 5.41) is 2.53. The molecule has 0 saturated heterocycles. The fraction of sp³-hybridized carbons (Fsp3) is 0.0536. The summed E-state index contributed by atoms with van der Waals surface area (Å²) >= 11 is 0. The first-order valence-electron chi connectivity index (χ1n) is 20.7. The zero-order valence-electron chi connectivity index (χ0n) is 33.8. The summed E-state index contributed by atoms with van der Waals surface area (Å²) in [6.07, 6.45) is 0. The third-order valence-electron chi connectivity index (χ3n) is 11.9. The van der Waals surface area contributed by atoms with Gasteiger partial charge < -0.3 is 0 Å². The van der Waals surface area contributed by atoms with Gasteiger partial charge >= 0.3 is 0 Å². The first-order valence-corrected chi connectivity index (χ1v) is 20.7. The SMILES string of the molecule is CC1(C)c2cc(-c3cc(-c4cccc(-c5cccc(-c6nc(-c7ccccc7)nc(-c7ccccc7)n6)c5)c4)nc(-c4ccccc4)n3)ccc2-c2cc3ccccc3cc21. The first-order chi connectivity index (χ1) is 29.9. The Balaban J connectivity index is 0.993. The molecule has 0 amide bonds. The second-order valence-corrected chi connectivity index (χ2v) is 16.2. The highest BCUT2D eigenvalue weighted by Gasteiger charge is 2.36. The molecule has 5 heteroatoms. The van der Waals surface area contributed by atoms with Gasteiger partial charge in [0.1, 0.15) is 0 Å². The Morgan fingerprint density at radius 2 is 0.689 bits per heavy atom. The van der Waals surface area contributed by atoms with Crippen LogP contribution in [-0.2, 0) is 5.41 Å². The summed E-state index contributed by atoms with van der Waals surface area (Å²) in [6.45, 7) is 4.67. The van der Waals surface area contributed by atoms with Gasteiger partial charge in [-0.05, 0) is 80.6 Å². The lowest BCUT2D eigenvalue weighted by atomic mass is 9.81. The minimum atomic E-state index is -0.167. The number of rotatable bonds is 7. The van der Waals surface area contributed by atoms with Crippen LogP contribution in [0.25, 0.3) is 101 Å². The Morgan fingerprint density at radius 3 is 1.26 bits per heavy atom. The summed E-state index contributed by atoms with van der Waals surface area (Å²) in [4.78, 5) is 25.3. The van der Waals surface area contributed by atoms with Gasteiger partial charge in [0.05, 0.1) is 11.4 Å². The molecule has 0 unspecified atom stereocenters. The van der Waals surface area contributed by atoms with Crippen LogP contribution in [0.15, 0.2) is 200 Å². The predicted octanol–water partition coefficient (Wildman–Crippen LogP) is 13.8. The third-order valence-corrected chi connectivity index (χ3v) is 11.9. The standard InChI is InChI=1S/C56H39N5/c1-56(2)48-34-44(28-29-46(48)47-32-41-22-12-13-23-42(41)33-49(47)56)51-35-50(57-52(58-51)36-16-6-3-7-17-36)43-26-14-24-39(30-43)40-25-15-27-45(31-40)55-60-53(37-18-8-4-9-19-37)59-54(61-55)38-20-10-5-11-21-38/h3-35H,1-2H3. The molecule has 2 heterocycles. The van der Waals surface area contributed by atoms with Gasteiger partial charge in [-0.15, -0.1) is 0 Å². The van der Waals surface area contributed by atoms with Crippen LogP contribution in [0.1, 0.15) is 25.0 Å². The van der Waals surface area contributed by atoms with Gasteiger partial charge in [0.25, 0.3) is 0 Å². The molecule has 0 radical (unpaired) electrons. The van der Waals surface area contributed by atoms with Gasteiger partial charge in [0, 0.05) is 38.8 Å². The molecule has 11 rings (SSSR count). The molecule has 0 aliphatic heterocycles. The van der Waals surface area contributed by atoms with E-state index in [0.29, 0.717) is 23.3 Å². The number of benzene rings is 8. The molecule has 61 heavy (non-hydrogen) atoms. The van der Waals surface area contributed by atoms with Gasteiger partial charge in [0.2, 0.25) is 0 Å². The van der Waals surface area contributed by atoms with Crippen LogP contribution >= 0.6 is 0 Å². The van der Waals surface area contributed by atoms with Gasteiger partial charge in [-0.25, -0.2) is 24.9 Å². The quantitative estimate of drug-likeness (QED) is 0.161. The summed E-state index contributed by atoms with van der Waals surface area (Å²) in [5.74, 6) is 2.58. The summed E-state index contributed by atoms with van der Waals surface area (Å²) in [5.41, 5.74) is 14.8. The fourth-order valence-electron chi connectivity index (χ4n) is 8.67. The van der Waals surface area contributed by atoms with Crippen molar-refractivity contribution in [1.29, 1.82) is 0 Å². The normalized spacial score (nSPS) is 12.6. The van der Waals surface area contributed by atoms with Crippen molar-refractivity contribution in [3.63, 3.8) is 0 Å². The van der Waals surface area contributed by atoms with Gasteiger partial charge in [-0.2, -0.15) is 0 Å². The van der Waals surface area contributed by atoms with Crippen molar-refractivity contribution in [1.82, 2.24) is 24.9 Å². The molecule has 0 spiro atoms. The largest absolute Gasteiger partial charge is 0.228 e. The van der Waals surface area contributed by atoms with Crippen LogP contribution < -0.4 is 0 Å². The smallest absolute Gasteiger partial charge is 0.164 e. The highest BCUT2D eigenvalue weighted by molar-refractivity contribution is 5.94. The zero-order chi connectivity index (χ0) is 40.9. The maximum absolute atomic E-state index is 5.22. The molecule has 0 N–H and O–H groups in total. The summed E-state index contributed by atoms with van der Waals surface area (Å²) in [7, 11) is 0. The van der Waals surface area contributed by atoms with Crippen LogP contribution in [0.3, 0.4) is 0 Å². The van der Waals surface area contributed by atoms with E-state index in [2.05, 4.69) is 135 Å². The van der Waals surface area contributed by atoms with E-state index in [4.69, 9.17) is 24.9 Å². The Bertz CT molecular complexity index is 3210. The molecule has 1 aliphatic carbocycles. The topological polar surface area (TPSA) is 64.5 Å². The van der Waals surface area contributed by atoms with Crippen molar-refractivity contribution >= 4 is 10.8 Å². The molecule has 0 atom stereocenters. The number of hydrogen-bond acceptors (Lipinski definition) is 5. The van der Waals surface area contributed by atoms with Crippen LogP contribution in [0.4, 0.5) is 0 Å². The van der Waals surface area contributed by atoms with E-state index in [0.717, 1.165) is 55.9 Å².